The van der Waals surface area contributed by atoms with Gasteiger partial charge in [0.2, 0.25) is 5.91 Å². The van der Waals surface area contributed by atoms with Crippen molar-refractivity contribution >= 4 is 5.91 Å². The van der Waals surface area contributed by atoms with E-state index in [1.54, 1.807) is 6.20 Å². The van der Waals surface area contributed by atoms with Crippen LogP contribution < -0.4 is 5.32 Å². The van der Waals surface area contributed by atoms with Crippen molar-refractivity contribution in [3.8, 4) is 0 Å². The van der Waals surface area contributed by atoms with Gasteiger partial charge in [-0.1, -0.05) is 0 Å². The zero-order valence-electron chi connectivity index (χ0n) is 10.3. The van der Waals surface area contributed by atoms with Crippen LogP contribution in [0.1, 0.15) is 24.0 Å². The van der Waals surface area contributed by atoms with Crippen LogP contribution in [-0.4, -0.2) is 35.4 Å². The summed E-state index contributed by atoms with van der Waals surface area (Å²) in [7, 11) is 0. The average Bonchev–Trinajstić information content (AvgIpc) is 2.85. The molecule has 1 aromatic rings. The Balaban J connectivity index is 1.76. The zero-order valence-corrected chi connectivity index (χ0v) is 10.3. The van der Waals surface area contributed by atoms with E-state index in [1.165, 1.54) is 5.56 Å². The van der Waals surface area contributed by atoms with Crippen LogP contribution in [-0.2, 0) is 11.3 Å². The fourth-order valence-corrected chi connectivity index (χ4v) is 2.06. The molecule has 1 N–H and O–H groups in total. The van der Waals surface area contributed by atoms with Crippen molar-refractivity contribution in [1.82, 2.24) is 15.2 Å². The molecule has 0 spiro atoms. The molecule has 0 aromatic carbocycles. The molecule has 2 heterocycles. The maximum absolute atomic E-state index is 11.8. The van der Waals surface area contributed by atoms with Crippen molar-refractivity contribution in [2.75, 3.05) is 19.6 Å². The van der Waals surface area contributed by atoms with Crippen LogP contribution >= 0.6 is 0 Å². The van der Waals surface area contributed by atoms with E-state index in [2.05, 4.69) is 17.2 Å². The highest BCUT2D eigenvalue weighted by Crippen LogP contribution is 2.07. The molecule has 0 radical (unpaired) electrons. The lowest BCUT2D eigenvalue weighted by molar-refractivity contribution is -0.129. The van der Waals surface area contributed by atoms with E-state index in [0.29, 0.717) is 13.1 Å². The van der Waals surface area contributed by atoms with Crippen LogP contribution in [0.25, 0.3) is 0 Å². The Morgan fingerprint density at radius 2 is 2.24 bits per heavy atom. The number of nitrogens with zero attached hydrogens (tertiary/aromatic N) is 2. The third-order valence-corrected chi connectivity index (χ3v) is 3.20. The lowest BCUT2D eigenvalue weighted by Gasteiger charge is -2.15. The third-order valence-electron chi connectivity index (χ3n) is 3.20. The van der Waals surface area contributed by atoms with Gasteiger partial charge in [-0.25, -0.2) is 0 Å². The Bertz CT molecular complexity index is 386. The number of hydrogen-bond donors (Lipinski definition) is 1. The Morgan fingerprint density at radius 3 is 2.94 bits per heavy atom. The molecule has 4 nitrogen and oxygen atoms in total. The molecular weight excluding hydrogens is 214 g/mol. The molecule has 0 unspecified atom stereocenters. The summed E-state index contributed by atoms with van der Waals surface area (Å²) >= 11 is 0. The molecule has 1 aromatic heterocycles. The minimum Gasteiger partial charge on any atom is -0.342 e. The minimum absolute atomic E-state index is 0.212. The van der Waals surface area contributed by atoms with Crippen molar-refractivity contribution in [3.05, 3.63) is 29.6 Å². The molecular formula is C13H19N3O. The van der Waals surface area contributed by atoms with Crippen LogP contribution in [0.5, 0.6) is 0 Å². The zero-order chi connectivity index (χ0) is 12.1. The van der Waals surface area contributed by atoms with Gasteiger partial charge in [0, 0.05) is 32.0 Å². The number of carbonyl (C=O) groups excluding carboxylic acids is 1. The van der Waals surface area contributed by atoms with Crippen LogP contribution in [0, 0.1) is 6.92 Å². The molecule has 1 aliphatic rings. The quantitative estimate of drug-likeness (QED) is 0.847. The van der Waals surface area contributed by atoms with Crippen LogP contribution in [0.2, 0.25) is 0 Å². The van der Waals surface area contributed by atoms with E-state index in [0.717, 1.165) is 31.5 Å². The van der Waals surface area contributed by atoms with Crippen LogP contribution in [0.3, 0.4) is 0 Å². The molecule has 4 heteroatoms. The summed E-state index contributed by atoms with van der Waals surface area (Å²) in [5.74, 6) is 0.212. The maximum atomic E-state index is 11.8. The minimum atomic E-state index is 0.212. The number of amides is 1. The number of pyridine rings is 1. The normalized spacial score (nSPS) is 15.2. The predicted molar refractivity (Wildman–Crippen MR) is 66.5 cm³/mol. The fourth-order valence-electron chi connectivity index (χ4n) is 2.06. The predicted octanol–water partition coefficient (Wildman–Crippen LogP) is 1.10. The molecule has 0 atom stereocenters. The number of aromatic nitrogens is 1. The van der Waals surface area contributed by atoms with Crippen molar-refractivity contribution in [3.63, 3.8) is 0 Å². The number of rotatable bonds is 4. The summed E-state index contributed by atoms with van der Waals surface area (Å²) in [6.45, 7) is 5.04. The summed E-state index contributed by atoms with van der Waals surface area (Å²) in [6.07, 6.45) is 5.93. The van der Waals surface area contributed by atoms with Gasteiger partial charge in [-0.3, -0.25) is 9.78 Å². The highest BCUT2D eigenvalue weighted by Gasteiger charge is 2.16. The van der Waals surface area contributed by atoms with Crippen molar-refractivity contribution < 1.29 is 4.79 Å². The first kappa shape index (κ1) is 12.0. The molecule has 0 saturated carbocycles. The van der Waals surface area contributed by atoms with Gasteiger partial charge in [-0.05, 0) is 37.0 Å². The second-order valence-electron chi connectivity index (χ2n) is 4.49. The second-order valence-corrected chi connectivity index (χ2v) is 4.49. The van der Waals surface area contributed by atoms with E-state index >= 15 is 0 Å². The van der Waals surface area contributed by atoms with Crippen molar-refractivity contribution in [1.29, 1.82) is 0 Å². The van der Waals surface area contributed by atoms with Gasteiger partial charge in [0.15, 0.2) is 0 Å². The summed E-state index contributed by atoms with van der Waals surface area (Å²) in [5.41, 5.74) is 2.36. The molecule has 17 heavy (non-hydrogen) atoms. The summed E-state index contributed by atoms with van der Waals surface area (Å²) in [5, 5.41) is 3.19. The van der Waals surface area contributed by atoms with Crippen molar-refractivity contribution in [2.45, 2.75) is 26.3 Å². The van der Waals surface area contributed by atoms with E-state index in [1.807, 2.05) is 17.2 Å². The Hall–Kier alpha value is -1.42. The highest BCUT2D eigenvalue weighted by atomic mass is 16.2. The number of aryl methyl sites for hydroxylation is 1. The Labute approximate surface area is 102 Å². The average molecular weight is 233 g/mol. The molecule has 1 saturated heterocycles. The largest absolute Gasteiger partial charge is 0.342 e. The van der Waals surface area contributed by atoms with Gasteiger partial charge in [-0.2, -0.15) is 0 Å². The highest BCUT2D eigenvalue weighted by molar-refractivity contribution is 5.78. The molecule has 92 valence electrons. The lowest BCUT2D eigenvalue weighted by Crippen LogP contribution is -2.36. The summed E-state index contributed by atoms with van der Waals surface area (Å²) in [6, 6.07) is 1.99. The number of carbonyl (C=O) groups is 1. The number of nitrogens with one attached hydrogen (secondary N) is 1. The smallest absolute Gasteiger partial charge is 0.236 e. The van der Waals surface area contributed by atoms with E-state index in [-0.39, 0.29) is 5.91 Å². The monoisotopic (exact) mass is 233 g/mol. The topological polar surface area (TPSA) is 45.2 Å². The summed E-state index contributed by atoms with van der Waals surface area (Å²) < 4.78 is 0. The lowest BCUT2D eigenvalue weighted by atomic mass is 10.1. The van der Waals surface area contributed by atoms with Gasteiger partial charge in [-0.15, -0.1) is 0 Å². The van der Waals surface area contributed by atoms with Gasteiger partial charge in [0.25, 0.3) is 0 Å². The molecule has 2 rings (SSSR count). The first-order valence-electron chi connectivity index (χ1n) is 6.15. The molecule has 0 bridgehead atoms. The first-order valence-corrected chi connectivity index (χ1v) is 6.15. The Morgan fingerprint density at radius 1 is 1.47 bits per heavy atom. The van der Waals surface area contributed by atoms with Gasteiger partial charge in [0.05, 0.1) is 6.54 Å². The van der Waals surface area contributed by atoms with Gasteiger partial charge in [0.1, 0.15) is 0 Å². The van der Waals surface area contributed by atoms with Gasteiger partial charge < -0.3 is 10.2 Å². The first-order chi connectivity index (χ1) is 8.27. The number of hydrogen-bond acceptors (Lipinski definition) is 3. The van der Waals surface area contributed by atoms with E-state index in [9.17, 15) is 4.79 Å². The SMILES string of the molecule is Cc1ccncc1CNCC(=O)N1CCCC1. The Kier molecular flexibility index (Phi) is 4.09. The standard InChI is InChI=1S/C13H19N3O/c1-11-4-5-14-8-12(11)9-15-10-13(17)16-6-2-3-7-16/h4-5,8,15H,2-3,6-7,9-10H2,1H3. The van der Waals surface area contributed by atoms with Gasteiger partial charge >= 0.3 is 0 Å². The van der Waals surface area contributed by atoms with Crippen molar-refractivity contribution in [2.24, 2.45) is 0 Å². The van der Waals surface area contributed by atoms with Crippen LogP contribution in [0.15, 0.2) is 18.5 Å². The van der Waals surface area contributed by atoms with E-state index < -0.39 is 0 Å². The fraction of sp³-hybridized carbons (Fsp3) is 0.538. The summed E-state index contributed by atoms with van der Waals surface area (Å²) in [4.78, 5) is 17.8. The maximum Gasteiger partial charge on any atom is 0.236 e. The third kappa shape index (κ3) is 3.27. The van der Waals surface area contributed by atoms with Crippen LogP contribution in [0.4, 0.5) is 0 Å². The molecule has 1 amide bonds. The molecule has 1 fully saturated rings. The molecule has 1 aliphatic heterocycles. The second kappa shape index (κ2) is 5.77. The van der Waals surface area contributed by atoms with E-state index in [4.69, 9.17) is 0 Å². The number of likely N-dealkylation sites (tertiary alicyclic amines) is 1. The molecule has 0 aliphatic carbocycles.